The molecule has 4 rings (SSSR count). The highest BCUT2D eigenvalue weighted by Crippen LogP contribution is 2.73. The molecule has 4 fully saturated rings. The van der Waals surface area contributed by atoms with Gasteiger partial charge < -0.3 is 10.2 Å². The van der Waals surface area contributed by atoms with Crippen molar-refractivity contribution >= 4 is 5.91 Å². The van der Waals surface area contributed by atoms with Gasteiger partial charge in [0.25, 0.3) is 0 Å². The molecule has 1 saturated heterocycles. The second-order valence-corrected chi connectivity index (χ2v) is 6.15. The average molecular weight is 208 g/mol. The van der Waals surface area contributed by atoms with Crippen LogP contribution in [0.1, 0.15) is 32.6 Å². The molecule has 3 heteroatoms. The number of nitrogens with one attached hydrogen (secondary N) is 1. The van der Waals surface area contributed by atoms with Crippen LogP contribution in [0.4, 0.5) is 0 Å². The van der Waals surface area contributed by atoms with Gasteiger partial charge in [-0.1, -0.05) is 6.92 Å². The minimum atomic E-state index is 0.0946. The molecule has 2 bridgehead atoms. The predicted molar refractivity (Wildman–Crippen MR) is 58.4 cm³/mol. The van der Waals surface area contributed by atoms with Gasteiger partial charge in [0.1, 0.15) is 0 Å². The van der Waals surface area contributed by atoms with Crippen LogP contribution in [-0.4, -0.2) is 37.0 Å². The van der Waals surface area contributed by atoms with Crippen molar-refractivity contribution in [3.05, 3.63) is 0 Å². The minimum absolute atomic E-state index is 0.0946. The summed E-state index contributed by atoms with van der Waals surface area (Å²) in [6.07, 6.45) is 4.58. The second-order valence-electron chi connectivity index (χ2n) is 6.15. The van der Waals surface area contributed by atoms with Crippen LogP contribution >= 0.6 is 0 Å². The molecule has 3 nitrogen and oxygen atoms in total. The largest absolute Gasteiger partial charge is 0.341 e. The Morgan fingerprint density at radius 1 is 1.40 bits per heavy atom. The van der Waals surface area contributed by atoms with E-state index in [2.05, 4.69) is 17.1 Å². The molecular formula is C12H20N2O. The summed E-state index contributed by atoms with van der Waals surface area (Å²) < 4.78 is 0. The number of nitrogens with zero attached hydrogens (tertiary/aromatic N) is 1. The number of hydrogen-bond donors (Lipinski definition) is 1. The fraction of sp³-hybridized carbons (Fsp3) is 0.917. The first-order chi connectivity index (χ1) is 7.07. The molecule has 4 aliphatic rings. The Morgan fingerprint density at radius 2 is 2.07 bits per heavy atom. The maximum absolute atomic E-state index is 12.3. The highest BCUT2D eigenvalue weighted by atomic mass is 16.2. The van der Waals surface area contributed by atoms with Gasteiger partial charge in [0.05, 0.1) is 5.41 Å². The Labute approximate surface area is 91.2 Å². The van der Waals surface area contributed by atoms with Crippen LogP contribution in [0.2, 0.25) is 0 Å². The smallest absolute Gasteiger partial charge is 0.228 e. The summed E-state index contributed by atoms with van der Waals surface area (Å²) in [6, 6.07) is 0.525. The van der Waals surface area contributed by atoms with Crippen LogP contribution in [0.25, 0.3) is 0 Å². The molecule has 0 spiro atoms. The summed E-state index contributed by atoms with van der Waals surface area (Å²) >= 11 is 0. The van der Waals surface area contributed by atoms with Gasteiger partial charge >= 0.3 is 0 Å². The molecule has 3 aliphatic carbocycles. The number of carbonyl (C=O) groups excluding carboxylic acids is 1. The highest BCUT2D eigenvalue weighted by molar-refractivity contribution is 5.86. The van der Waals surface area contributed by atoms with Crippen LogP contribution in [0, 0.1) is 10.8 Å². The molecule has 0 radical (unpaired) electrons. The van der Waals surface area contributed by atoms with Crippen molar-refractivity contribution in [2.24, 2.45) is 10.8 Å². The number of likely N-dealkylation sites (tertiary alicyclic amines) is 1. The van der Waals surface area contributed by atoms with Crippen LogP contribution in [0.5, 0.6) is 0 Å². The molecule has 1 atom stereocenters. The Balaban J connectivity index is 1.62. The molecule has 1 heterocycles. The summed E-state index contributed by atoms with van der Waals surface area (Å²) in [7, 11) is 1.99. The van der Waals surface area contributed by atoms with E-state index < -0.39 is 0 Å². The highest BCUT2D eigenvalue weighted by Gasteiger charge is 2.69. The van der Waals surface area contributed by atoms with Gasteiger partial charge in [0.2, 0.25) is 5.91 Å². The summed E-state index contributed by atoms with van der Waals surface area (Å²) in [4.78, 5) is 14.4. The maximum Gasteiger partial charge on any atom is 0.228 e. The molecule has 15 heavy (non-hydrogen) atoms. The lowest BCUT2D eigenvalue weighted by Crippen LogP contribution is -2.66. The molecule has 1 unspecified atom stereocenters. The summed E-state index contributed by atoms with van der Waals surface area (Å²) in [5, 5.41) is 3.26. The van der Waals surface area contributed by atoms with Crippen LogP contribution in [0.15, 0.2) is 0 Å². The number of carbonyl (C=O) groups is 1. The summed E-state index contributed by atoms with van der Waals surface area (Å²) in [5.41, 5.74) is 0.634. The average Bonchev–Trinajstić information content (AvgIpc) is 2.58. The second kappa shape index (κ2) is 2.76. The Kier molecular flexibility index (Phi) is 1.77. The van der Waals surface area contributed by atoms with Crippen molar-refractivity contribution in [3.8, 4) is 0 Å². The fourth-order valence-corrected chi connectivity index (χ4v) is 4.04. The third-order valence-electron chi connectivity index (χ3n) is 4.63. The molecule has 1 amide bonds. The number of amides is 1. The molecule has 1 N–H and O–H groups in total. The zero-order valence-corrected chi connectivity index (χ0v) is 9.68. The van der Waals surface area contributed by atoms with Crippen molar-refractivity contribution in [1.29, 1.82) is 0 Å². The Morgan fingerprint density at radius 3 is 2.53 bits per heavy atom. The lowest BCUT2D eigenvalue weighted by molar-refractivity contribution is -0.208. The monoisotopic (exact) mass is 208 g/mol. The number of likely N-dealkylation sites (N-methyl/N-ethyl adjacent to an activating group) is 1. The molecule has 0 aromatic carbocycles. The number of rotatable bonds is 2. The van der Waals surface area contributed by atoms with Crippen molar-refractivity contribution in [3.63, 3.8) is 0 Å². The van der Waals surface area contributed by atoms with Gasteiger partial charge in [-0.15, -0.1) is 0 Å². The summed E-state index contributed by atoms with van der Waals surface area (Å²) in [6.45, 7) is 4.19. The van der Waals surface area contributed by atoms with Gasteiger partial charge in [-0.25, -0.2) is 0 Å². The maximum atomic E-state index is 12.3. The molecule has 84 valence electrons. The first-order valence-corrected chi connectivity index (χ1v) is 6.04. The first kappa shape index (κ1) is 9.64. The third-order valence-corrected chi connectivity index (χ3v) is 4.63. The zero-order valence-electron chi connectivity index (χ0n) is 9.68. The first-order valence-electron chi connectivity index (χ1n) is 6.04. The topological polar surface area (TPSA) is 32.3 Å². The zero-order chi connectivity index (χ0) is 10.7. The van der Waals surface area contributed by atoms with E-state index in [0.717, 1.165) is 38.8 Å². The van der Waals surface area contributed by atoms with Crippen molar-refractivity contribution in [1.82, 2.24) is 10.2 Å². The Hall–Kier alpha value is -0.570. The van der Waals surface area contributed by atoms with E-state index in [1.165, 1.54) is 0 Å². The normalized spacial score (nSPS) is 47.3. The van der Waals surface area contributed by atoms with Crippen LogP contribution in [-0.2, 0) is 4.79 Å². The molecule has 0 aromatic rings. The van der Waals surface area contributed by atoms with E-state index >= 15 is 0 Å². The van der Waals surface area contributed by atoms with Crippen molar-refractivity contribution in [2.75, 3.05) is 20.1 Å². The molecule has 3 saturated carbocycles. The number of hydrogen-bond acceptors (Lipinski definition) is 2. The van der Waals surface area contributed by atoms with E-state index in [1.807, 2.05) is 7.05 Å². The fourth-order valence-electron chi connectivity index (χ4n) is 4.04. The van der Waals surface area contributed by atoms with Gasteiger partial charge in [-0.3, -0.25) is 4.79 Å². The van der Waals surface area contributed by atoms with Crippen molar-refractivity contribution in [2.45, 2.75) is 38.6 Å². The van der Waals surface area contributed by atoms with Gasteiger partial charge in [0, 0.05) is 19.1 Å². The van der Waals surface area contributed by atoms with Gasteiger partial charge in [0.15, 0.2) is 0 Å². The molecule has 1 aliphatic heterocycles. The minimum Gasteiger partial charge on any atom is -0.341 e. The summed E-state index contributed by atoms with van der Waals surface area (Å²) in [5.74, 6) is 0.448. The standard InChI is InChI=1S/C12H20N2O/c1-11-6-12(7-11,8-11)10(15)14-4-3-9(5-14)13-2/h9,13H,3-8H2,1-2H3. The lowest BCUT2D eigenvalue weighted by Gasteiger charge is -2.68. The molecule has 0 aromatic heterocycles. The van der Waals surface area contributed by atoms with E-state index in [-0.39, 0.29) is 5.41 Å². The Bertz CT molecular complexity index is 293. The van der Waals surface area contributed by atoms with E-state index in [0.29, 0.717) is 17.4 Å². The van der Waals surface area contributed by atoms with E-state index in [4.69, 9.17) is 0 Å². The quantitative estimate of drug-likeness (QED) is 0.734. The van der Waals surface area contributed by atoms with Crippen LogP contribution < -0.4 is 5.32 Å². The lowest BCUT2D eigenvalue weighted by atomic mass is 9.35. The van der Waals surface area contributed by atoms with Gasteiger partial charge in [-0.05, 0) is 38.1 Å². The van der Waals surface area contributed by atoms with Crippen LogP contribution in [0.3, 0.4) is 0 Å². The molecular weight excluding hydrogens is 188 g/mol. The van der Waals surface area contributed by atoms with E-state index in [1.54, 1.807) is 0 Å². The SMILES string of the molecule is CNC1CCN(C(=O)C23CC(C)(C2)C3)C1. The predicted octanol–water partition coefficient (Wildman–Crippen LogP) is 0.997. The van der Waals surface area contributed by atoms with Crippen molar-refractivity contribution < 1.29 is 4.79 Å². The van der Waals surface area contributed by atoms with E-state index in [9.17, 15) is 4.79 Å². The van der Waals surface area contributed by atoms with Gasteiger partial charge in [-0.2, -0.15) is 0 Å². The third kappa shape index (κ3) is 1.19.